The third-order valence-electron chi connectivity index (χ3n) is 2.17. The summed E-state index contributed by atoms with van der Waals surface area (Å²) < 4.78 is 17.7. The van der Waals surface area contributed by atoms with E-state index in [9.17, 15) is 0 Å². The molecule has 0 heterocycles. The molecule has 0 atom stereocenters. The highest BCUT2D eigenvalue weighted by Crippen LogP contribution is 2.08. The van der Waals surface area contributed by atoms with Crippen LogP contribution in [0.1, 0.15) is 19.4 Å². The normalized spacial score (nSPS) is 11.1. The highest BCUT2D eigenvalue weighted by atomic mass is 16.0. The van der Waals surface area contributed by atoms with E-state index >= 15 is 0 Å². The molecule has 0 spiro atoms. The van der Waals surface area contributed by atoms with Gasteiger partial charge in [0.25, 0.3) is 0 Å². The van der Waals surface area contributed by atoms with Crippen molar-refractivity contribution in [2.24, 2.45) is 0 Å². The molecular formula is C17H18O. The van der Waals surface area contributed by atoms with E-state index in [0.717, 1.165) is 16.7 Å². The lowest BCUT2D eigenvalue weighted by Crippen LogP contribution is -1.72. The molecule has 0 aliphatic carbocycles. The fourth-order valence-electron chi connectivity index (χ4n) is 1.24. The van der Waals surface area contributed by atoms with E-state index in [1.807, 2.05) is 67.6 Å². The molecule has 1 nitrogen and oxygen atoms in total. The Morgan fingerprint density at radius 2 is 1.67 bits per heavy atom. The highest BCUT2D eigenvalue weighted by molar-refractivity contribution is 5.60. The minimum absolute atomic E-state index is 0.938. The van der Waals surface area contributed by atoms with Crippen molar-refractivity contribution in [3.8, 4) is 12.3 Å². The lowest BCUT2D eigenvalue weighted by atomic mass is 10.1. The average Bonchev–Trinajstić information content (AvgIpc) is 2.57. The first kappa shape index (κ1) is 10.8. The SMILES string of the molecule is C#Cc1ccccc1.[2H]C=C(C)c1ccccc1.[2H]O[2H]. The third kappa shape index (κ3) is 5.69. The molecule has 0 saturated heterocycles. The smallest absolute Gasteiger partial charge is 0.206 e. The van der Waals surface area contributed by atoms with Gasteiger partial charge in [0.15, 0.2) is 0 Å². The van der Waals surface area contributed by atoms with Crippen molar-refractivity contribution in [3.63, 3.8) is 0 Å². The van der Waals surface area contributed by atoms with E-state index < -0.39 is 0 Å². The molecule has 18 heavy (non-hydrogen) atoms. The van der Waals surface area contributed by atoms with Crippen molar-refractivity contribution in [2.45, 2.75) is 6.92 Å². The van der Waals surface area contributed by atoms with Crippen LogP contribution in [0.25, 0.3) is 5.57 Å². The fourth-order valence-corrected chi connectivity index (χ4v) is 1.24. The summed E-state index contributed by atoms with van der Waals surface area (Å²) >= 11 is 0. The molecule has 2 aromatic carbocycles. The first-order valence-electron chi connectivity index (χ1n) is 6.79. The zero-order valence-electron chi connectivity index (χ0n) is 13.3. The average molecular weight is 241 g/mol. The maximum absolute atomic E-state index is 6.98. The molecule has 0 fully saturated rings. The number of hydrogen-bond donors (Lipinski definition) is 0. The van der Waals surface area contributed by atoms with Crippen molar-refractivity contribution < 1.29 is 6.85 Å². The fraction of sp³-hybridized carbons (Fsp3) is 0.0588. The summed E-state index contributed by atoms with van der Waals surface area (Å²) in [5.41, 5.74) is 5.81. The van der Waals surface area contributed by atoms with Gasteiger partial charge in [-0.1, -0.05) is 66.6 Å². The predicted molar refractivity (Wildman–Crippen MR) is 79.1 cm³/mol. The van der Waals surface area contributed by atoms with Crippen molar-refractivity contribution in [1.29, 1.82) is 2.86 Å². The monoisotopic (exact) mass is 241 g/mol. The van der Waals surface area contributed by atoms with Gasteiger partial charge in [-0.2, -0.15) is 0 Å². The van der Waals surface area contributed by atoms with Crippen LogP contribution in [0.4, 0.5) is 0 Å². The zero-order valence-corrected chi connectivity index (χ0v) is 10.3. The second kappa shape index (κ2) is 8.81. The topological polar surface area (TPSA) is 31.5 Å². The largest absolute Gasteiger partial charge is 0.412 e. The third-order valence-corrected chi connectivity index (χ3v) is 2.17. The number of terminal acetylenes is 1. The van der Waals surface area contributed by atoms with Gasteiger partial charge in [0.1, 0.15) is 0 Å². The van der Waals surface area contributed by atoms with Crippen LogP contribution < -0.4 is 0 Å². The Kier molecular flexibility index (Phi) is 5.30. The molecule has 0 aliphatic heterocycles. The van der Waals surface area contributed by atoms with Gasteiger partial charge in [-0.3, -0.25) is 0 Å². The van der Waals surface area contributed by atoms with Gasteiger partial charge < -0.3 is 5.48 Å². The summed E-state index contributed by atoms with van der Waals surface area (Å²) in [6.07, 6.45) is 5.10. The molecule has 0 saturated carbocycles. The molecule has 1 heteroatoms. The molecule has 0 bridgehead atoms. The summed E-state index contributed by atoms with van der Waals surface area (Å²) in [6.45, 7) is 3.30. The van der Waals surface area contributed by atoms with Gasteiger partial charge in [0.05, 0.1) is 1.37 Å². The van der Waals surface area contributed by atoms with Crippen LogP contribution in [0, 0.1) is 12.3 Å². The quantitative estimate of drug-likeness (QED) is 0.684. The van der Waals surface area contributed by atoms with Crippen LogP contribution in [-0.2, 0) is 0 Å². The standard InChI is InChI=1S/C9H10.C8H6.H2O/c1-8(2)9-6-4-3-5-7-9;1-2-8-6-4-3-5-7-8;/h3-7H,1H2,2H3;1,3-7H;1H2/i1D;;/hD2. The molecule has 2 aromatic rings. The van der Waals surface area contributed by atoms with Gasteiger partial charge in [-0.15, -0.1) is 6.42 Å². The van der Waals surface area contributed by atoms with E-state index in [1.165, 1.54) is 6.55 Å². The first-order valence-corrected chi connectivity index (χ1v) is 5.40. The summed E-state index contributed by atoms with van der Waals surface area (Å²) in [5, 5.41) is 0. The zero-order chi connectivity index (χ0) is 15.9. The second-order valence-electron chi connectivity index (χ2n) is 3.56. The summed E-state index contributed by atoms with van der Waals surface area (Å²) in [6, 6.07) is 19.5. The van der Waals surface area contributed by atoms with Crippen LogP contribution in [0.15, 0.2) is 67.2 Å². The van der Waals surface area contributed by atoms with Crippen LogP contribution in [0.2, 0.25) is 0 Å². The number of hydrogen-bond acceptors (Lipinski definition) is 0. The molecule has 2 rings (SSSR count). The lowest BCUT2D eigenvalue weighted by molar-refractivity contribution is 0.824. The number of allylic oxidation sites excluding steroid dienone is 1. The van der Waals surface area contributed by atoms with E-state index in [-0.39, 0.29) is 0 Å². The minimum Gasteiger partial charge on any atom is -0.412 e. The van der Waals surface area contributed by atoms with Gasteiger partial charge in [0.2, 0.25) is 2.86 Å². The van der Waals surface area contributed by atoms with Crippen LogP contribution >= 0.6 is 0 Å². The van der Waals surface area contributed by atoms with Crippen LogP contribution in [0.5, 0.6) is 0 Å². The Bertz CT molecular complexity index is 545. The summed E-state index contributed by atoms with van der Waals surface area (Å²) in [5.74, 6) is 2.53. The maximum Gasteiger partial charge on any atom is 0.206 e. The van der Waals surface area contributed by atoms with Crippen molar-refractivity contribution >= 4 is 5.57 Å². The first-order chi connectivity index (χ1) is 10.2. The van der Waals surface area contributed by atoms with Crippen molar-refractivity contribution in [1.82, 2.24) is 0 Å². The molecule has 0 amide bonds. The molecular weight excluding hydrogens is 220 g/mol. The molecule has 2 N–H and O–H groups in total. The van der Waals surface area contributed by atoms with Gasteiger partial charge in [-0.05, 0) is 24.6 Å². The van der Waals surface area contributed by atoms with E-state index in [4.69, 9.17) is 10.7 Å². The second-order valence-corrected chi connectivity index (χ2v) is 3.56. The minimum atomic E-state index is 0.938. The molecule has 0 radical (unpaired) electrons. The van der Waals surface area contributed by atoms with E-state index in [2.05, 4.69) is 11.4 Å². The summed E-state index contributed by atoms with van der Waals surface area (Å²) in [7, 11) is 0. The number of benzene rings is 2. The van der Waals surface area contributed by atoms with Gasteiger partial charge in [-0.25, -0.2) is 0 Å². The van der Waals surface area contributed by atoms with Gasteiger partial charge in [0, 0.05) is 5.56 Å². The lowest BCUT2D eigenvalue weighted by Gasteiger charge is -1.94. The molecule has 0 unspecified atom stereocenters. The summed E-state index contributed by atoms with van der Waals surface area (Å²) in [4.78, 5) is 0. The Morgan fingerprint density at radius 1 is 1.17 bits per heavy atom. The van der Waals surface area contributed by atoms with Crippen molar-refractivity contribution in [2.75, 3.05) is 0 Å². The van der Waals surface area contributed by atoms with Gasteiger partial charge >= 0.3 is 0 Å². The predicted octanol–water partition coefficient (Wildman–Crippen LogP) is 3.56. The molecule has 92 valence electrons. The Hall–Kier alpha value is -2.30. The molecule has 0 aliphatic rings. The van der Waals surface area contributed by atoms with Crippen LogP contribution in [-0.4, -0.2) is 8.34 Å². The Labute approximate surface area is 113 Å². The maximum atomic E-state index is 6.98. The van der Waals surface area contributed by atoms with E-state index in [0.29, 0.717) is 0 Å². The number of rotatable bonds is 1. The Morgan fingerprint density at radius 3 is 2.06 bits per heavy atom. The molecule has 0 aromatic heterocycles. The highest BCUT2D eigenvalue weighted by Gasteiger charge is 1.86. The van der Waals surface area contributed by atoms with E-state index in [1.54, 1.807) is 0 Å². The van der Waals surface area contributed by atoms with Crippen molar-refractivity contribution in [3.05, 3.63) is 78.3 Å². The van der Waals surface area contributed by atoms with Crippen LogP contribution in [0.3, 0.4) is 0 Å². The Balaban J connectivity index is 0.000000327.